The molecule has 0 amide bonds. The third kappa shape index (κ3) is 3.83. The predicted molar refractivity (Wildman–Crippen MR) is 80.0 cm³/mol. The van der Waals surface area contributed by atoms with E-state index in [9.17, 15) is 9.90 Å². The quantitative estimate of drug-likeness (QED) is 0.829. The molecule has 0 aliphatic carbocycles. The van der Waals surface area contributed by atoms with Crippen molar-refractivity contribution < 1.29 is 19.4 Å². The number of rotatable bonds is 6. The molecule has 4 nitrogen and oxygen atoms in total. The SMILES string of the molecule is COc1ccc(CC(O)C(=O)c2ccc(OC)cc2)cc1. The van der Waals surface area contributed by atoms with Crippen LogP contribution in [-0.4, -0.2) is 31.2 Å². The molecule has 0 heterocycles. The summed E-state index contributed by atoms with van der Waals surface area (Å²) in [5.74, 6) is 1.12. The van der Waals surface area contributed by atoms with E-state index in [1.807, 2.05) is 12.1 Å². The predicted octanol–water partition coefficient (Wildman–Crippen LogP) is 2.49. The fourth-order valence-corrected chi connectivity index (χ4v) is 2.03. The summed E-state index contributed by atoms with van der Waals surface area (Å²) in [5, 5.41) is 10.1. The van der Waals surface area contributed by atoms with Crippen LogP contribution in [0.2, 0.25) is 0 Å². The summed E-state index contributed by atoms with van der Waals surface area (Å²) < 4.78 is 10.1. The monoisotopic (exact) mass is 286 g/mol. The number of aliphatic hydroxyl groups excluding tert-OH is 1. The van der Waals surface area contributed by atoms with Gasteiger partial charge >= 0.3 is 0 Å². The number of aliphatic hydroxyl groups is 1. The number of methoxy groups -OCH3 is 2. The highest BCUT2D eigenvalue weighted by Crippen LogP contribution is 2.16. The zero-order chi connectivity index (χ0) is 15.2. The zero-order valence-corrected chi connectivity index (χ0v) is 12.1. The second-order valence-electron chi connectivity index (χ2n) is 4.66. The van der Waals surface area contributed by atoms with Gasteiger partial charge in [0.05, 0.1) is 14.2 Å². The van der Waals surface area contributed by atoms with Crippen LogP contribution in [0.3, 0.4) is 0 Å². The smallest absolute Gasteiger partial charge is 0.191 e. The van der Waals surface area contributed by atoms with Crippen LogP contribution in [0.15, 0.2) is 48.5 Å². The summed E-state index contributed by atoms with van der Waals surface area (Å²) >= 11 is 0. The van der Waals surface area contributed by atoms with E-state index < -0.39 is 6.10 Å². The van der Waals surface area contributed by atoms with Crippen molar-refractivity contribution in [3.63, 3.8) is 0 Å². The van der Waals surface area contributed by atoms with E-state index in [0.717, 1.165) is 11.3 Å². The highest BCUT2D eigenvalue weighted by molar-refractivity contribution is 5.99. The number of carbonyl (C=O) groups is 1. The van der Waals surface area contributed by atoms with E-state index in [-0.39, 0.29) is 12.2 Å². The fraction of sp³-hybridized carbons (Fsp3) is 0.235. The standard InChI is InChI=1S/C17H18O4/c1-20-14-7-3-12(4-8-14)11-16(18)17(19)13-5-9-15(21-2)10-6-13/h3-10,16,18H,11H2,1-2H3. The van der Waals surface area contributed by atoms with Gasteiger partial charge in [0.2, 0.25) is 0 Å². The first-order chi connectivity index (χ1) is 10.1. The average Bonchev–Trinajstić information content (AvgIpc) is 2.55. The molecule has 2 aromatic carbocycles. The molecular weight excluding hydrogens is 268 g/mol. The number of benzene rings is 2. The zero-order valence-electron chi connectivity index (χ0n) is 12.1. The first-order valence-electron chi connectivity index (χ1n) is 6.63. The number of Topliss-reactive ketones (excluding diaryl/α,β-unsaturated/α-hetero) is 1. The molecule has 0 bridgehead atoms. The molecule has 0 aromatic heterocycles. The summed E-state index contributed by atoms with van der Waals surface area (Å²) in [6.45, 7) is 0. The molecule has 0 spiro atoms. The highest BCUT2D eigenvalue weighted by Gasteiger charge is 2.17. The summed E-state index contributed by atoms with van der Waals surface area (Å²) in [4.78, 5) is 12.2. The lowest BCUT2D eigenvalue weighted by Crippen LogP contribution is -2.23. The number of hydrogen-bond donors (Lipinski definition) is 1. The molecule has 0 saturated heterocycles. The Bertz CT molecular complexity index is 587. The lowest BCUT2D eigenvalue weighted by Gasteiger charge is -2.10. The number of carbonyl (C=O) groups excluding carboxylic acids is 1. The van der Waals surface area contributed by atoms with Crippen molar-refractivity contribution in [2.24, 2.45) is 0 Å². The van der Waals surface area contributed by atoms with Gasteiger partial charge in [-0.2, -0.15) is 0 Å². The van der Waals surface area contributed by atoms with Crippen LogP contribution in [-0.2, 0) is 6.42 Å². The minimum Gasteiger partial charge on any atom is -0.497 e. The molecule has 1 atom stereocenters. The van der Waals surface area contributed by atoms with E-state index in [1.54, 1.807) is 50.6 Å². The van der Waals surface area contributed by atoms with Gasteiger partial charge in [-0.15, -0.1) is 0 Å². The van der Waals surface area contributed by atoms with E-state index in [0.29, 0.717) is 11.3 Å². The molecule has 0 fully saturated rings. The molecule has 110 valence electrons. The van der Waals surface area contributed by atoms with E-state index in [1.165, 1.54) is 0 Å². The Morgan fingerprint density at radius 1 is 0.952 bits per heavy atom. The van der Waals surface area contributed by atoms with Crippen molar-refractivity contribution in [2.75, 3.05) is 14.2 Å². The maximum atomic E-state index is 12.2. The van der Waals surface area contributed by atoms with Gasteiger partial charge in [-0.3, -0.25) is 4.79 Å². The maximum Gasteiger partial charge on any atom is 0.191 e. The van der Waals surface area contributed by atoms with Crippen LogP contribution < -0.4 is 9.47 Å². The largest absolute Gasteiger partial charge is 0.497 e. The molecule has 0 aliphatic rings. The number of ketones is 1. The van der Waals surface area contributed by atoms with Crippen LogP contribution in [0.25, 0.3) is 0 Å². The summed E-state index contributed by atoms with van der Waals surface area (Å²) in [7, 11) is 3.16. The Morgan fingerprint density at radius 2 is 1.43 bits per heavy atom. The third-order valence-electron chi connectivity index (χ3n) is 3.27. The molecule has 1 unspecified atom stereocenters. The topological polar surface area (TPSA) is 55.8 Å². The maximum absolute atomic E-state index is 12.2. The normalized spacial score (nSPS) is 11.8. The van der Waals surface area contributed by atoms with Gasteiger partial charge in [-0.1, -0.05) is 12.1 Å². The highest BCUT2D eigenvalue weighted by atomic mass is 16.5. The van der Waals surface area contributed by atoms with E-state index in [2.05, 4.69) is 0 Å². The molecule has 2 rings (SSSR count). The van der Waals surface area contributed by atoms with Gasteiger partial charge in [-0.25, -0.2) is 0 Å². The van der Waals surface area contributed by atoms with Gasteiger partial charge in [0.25, 0.3) is 0 Å². The summed E-state index contributed by atoms with van der Waals surface area (Å²) in [6, 6.07) is 14.0. The Kier molecular flexibility index (Phi) is 4.95. The molecule has 2 aromatic rings. The Hall–Kier alpha value is -2.33. The lowest BCUT2D eigenvalue weighted by molar-refractivity contribution is 0.0748. The van der Waals surface area contributed by atoms with Crippen molar-refractivity contribution in [3.05, 3.63) is 59.7 Å². The summed E-state index contributed by atoms with van der Waals surface area (Å²) in [6.07, 6.45) is -0.790. The van der Waals surface area contributed by atoms with Crippen molar-refractivity contribution in [3.8, 4) is 11.5 Å². The van der Waals surface area contributed by atoms with Crippen molar-refractivity contribution in [1.29, 1.82) is 0 Å². The second-order valence-corrected chi connectivity index (χ2v) is 4.66. The molecule has 0 radical (unpaired) electrons. The number of hydrogen-bond acceptors (Lipinski definition) is 4. The summed E-state index contributed by atoms with van der Waals surface area (Å²) in [5.41, 5.74) is 1.35. The van der Waals surface area contributed by atoms with Gasteiger partial charge in [0, 0.05) is 12.0 Å². The van der Waals surface area contributed by atoms with Crippen LogP contribution in [0.5, 0.6) is 11.5 Å². The Morgan fingerprint density at radius 3 is 1.90 bits per heavy atom. The molecule has 0 saturated carbocycles. The van der Waals surface area contributed by atoms with Gasteiger partial charge in [0.15, 0.2) is 5.78 Å². The van der Waals surface area contributed by atoms with Crippen LogP contribution >= 0.6 is 0 Å². The van der Waals surface area contributed by atoms with Crippen LogP contribution in [0.1, 0.15) is 15.9 Å². The van der Waals surface area contributed by atoms with Crippen LogP contribution in [0.4, 0.5) is 0 Å². The Balaban J connectivity index is 2.03. The first kappa shape index (κ1) is 15.1. The Labute approximate surface area is 123 Å². The lowest BCUT2D eigenvalue weighted by atomic mass is 10.00. The van der Waals surface area contributed by atoms with Crippen molar-refractivity contribution in [1.82, 2.24) is 0 Å². The van der Waals surface area contributed by atoms with E-state index in [4.69, 9.17) is 9.47 Å². The molecule has 4 heteroatoms. The van der Waals surface area contributed by atoms with E-state index >= 15 is 0 Å². The fourth-order valence-electron chi connectivity index (χ4n) is 2.03. The molecular formula is C17H18O4. The minimum atomic E-state index is -1.06. The minimum absolute atomic E-state index is 0.273. The third-order valence-corrected chi connectivity index (χ3v) is 3.27. The second kappa shape index (κ2) is 6.90. The first-order valence-corrected chi connectivity index (χ1v) is 6.63. The van der Waals surface area contributed by atoms with Gasteiger partial charge in [0.1, 0.15) is 17.6 Å². The average molecular weight is 286 g/mol. The molecule has 0 aliphatic heterocycles. The van der Waals surface area contributed by atoms with Crippen molar-refractivity contribution >= 4 is 5.78 Å². The van der Waals surface area contributed by atoms with Gasteiger partial charge in [-0.05, 0) is 42.0 Å². The van der Waals surface area contributed by atoms with Gasteiger partial charge < -0.3 is 14.6 Å². The number of ether oxygens (including phenoxy) is 2. The van der Waals surface area contributed by atoms with Crippen molar-refractivity contribution in [2.45, 2.75) is 12.5 Å². The van der Waals surface area contributed by atoms with Crippen LogP contribution in [0, 0.1) is 0 Å². The molecule has 21 heavy (non-hydrogen) atoms. The molecule has 1 N–H and O–H groups in total.